The standard InChI is InChI=1S/C13H23N5O/c1-4-17(5-2)10-6-7-18(9-10)11-8-12(19-3)16-13(14)15-11/h8,10H,4-7,9H2,1-3H3,(H2,14,15,16). The molecule has 0 spiro atoms. The van der Waals surface area contributed by atoms with E-state index in [0.29, 0.717) is 11.9 Å². The number of hydrogen-bond donors (Lipinski definition) is 1. The molecule has 1 atom stereocenters. The molecule has 1 aliphatic heterocycles. The van der Waals surface area contributed by atoms with E-state index < -0.39 is 0 Å². The van der Waals surface area contributed by atoms with Gasteiger partial charge in [0.15, 0.2) is 0 Å². The summed E-state index contributed by atoms with van der Waals surface area (Å²) in [4.78, 5) is 13.1. The van der Waals surface area contributed by atoms with Gasteiger partial charge >= 0.3 is 0 Å². The lowest BCUT2D eigenvalue weighted by Crippen LogP contribution is -2.37. The number of nitrogen functional groups attached to an aromatic ring is 1. The molecule has 0 aromatic carbocycles. The Labute approximate surface area is 114 Å². The van der Waals surface area contributed by atoms with Crippen LogP contribution in [0.3, 0.4) is 0 Å². The molecule has 19 heavy (non-hydrogen) atoms. The molecular weight excluding hydrogens is 242 g/mol. The van der Waals surface area contributed by atoms with E-state index in [1.807, 2.05) is 6.07 Å². The highest BCUT2D eigenvalue weighted by molar-refractivity contribution is 5.46. The lowest BCUT2D eigenvalue weighted by molar-refractivity contribution is 0.232. The first kappa shape index (κ1) is 13.9. The van der Waals surface area contributed by atoms with Crippen LogP contribution >= 0.6 is 0 Å². The molecule has 1 saturated heterocycles. The number of aromatic nitrogens is 2. The topological polar surface area (TPSA) is 67.5 Å². The summed E-state index contributed by atoms with van der Waals surface area (Å²) in [5, 5.41) is 0. The van der Waals surface area contributed by atoms with Gasteiger partial charge in [-0.25, -0.2) is 0 Å². The highest BCUT2D eigenvalue weighted by Crippen LogP contribution is 2.24. The van der Waals surface area contributed by atoms with E-state index in [2.05, 4.69) is 33.6 Å². The van der Waals surface area contributed by atoms with Crippen LogP contribution in [0.4, 0.5) is 11.8 Å². The second-order valence-electron chi connectivity index (χ2n) is 4.74. The third kappa shape index (κ3) is 3.07. The molecule has 0 radical (unpaired) electrons. The Balaban J connectivity index is 2.10. The van der Waals surface area contributed by atoms with Gasteiger partial charge in [-0.3, -0.25) is 4.90 Å². The Morgan fingerprint density at radius 3 is 2.79 bits per heavy atom. The van der Waals surface area contributed by atoms with Crippen LogP contribution < -0.4 is 15.4 Å². The summed E-state index contributed by atoms with van der Waals surface area (Å²) >= 11 is 0. The zero-order chi connectivity index (χ0) is 13.8. The molecular formula is C13H23N5O. The van der Waals surface area contributed by atoms with E-state index in [-0.39, 0.29) is 5.95 Å². The molecule has 1 unspecified atom stereocenters. The predicted octanol–water partition coefficient (Wildman–Crippen LogP) is 0.988. The fourth-order valence-electron chi connectivity index (χ4n) is 2.68. The number of likely N-dealkylation sites (N-methyl/N-ethyl adjacent to an activating group) is 1. The van der Waals surface area contributed by atoms with Crippen molar-refractivity contribution in [3.8, 4) is 5.88 Å². The summed E-state index contributed by atoms with van der Waals surface area (Å²) in [6.45, 7) is 8.58. The molecule has 2 rings (SSSR count). The lowest BCUT2D eigenvalue weighted by atomic mass is 10.2. The fourth-order valence-corrected chi connectivity index (χ4v) is 2.68. The van der Waals surface area contributed by atoms with Gasteiger partial charge in [-0.05, 0) is 19.5 Å². The van der Waals surface area contributed by atoms with Crippen molar-refractivity contribution in [2.75, 3.05) is 43.9 Å². The van der Waals surface area contributed by atoms with E-state index in [9.17, 15) is 0 Å². The number of methoxy groups -OCH3 is 1. The van der Waals surface area contributed by atoms with Crippen molar-refractivity contribution < 1.29 is 4.74 Å². The van der Waals surface area contributed by atoms with Crippen molar-refractivity contribution in [1.29, 1.82) is 0 Å². The maximum atomic E-state index is 5.71. The second-order valence-corrected chi connectivity index (χ2v) is 4.74. The number of ether oxygens (including phenoxy) is 1. The zero-order valence-electron chi connectivity index (χ0n) is 12.0. The maximum absolute atomic E-state index is 5.71. The van der Waals surface area contributed by atoms with E-state index in [1.165, 1.54) is 0 Å². The molecule has 1 aromatic heterocycles. The van der Waals surface area contributed by atoms with Crippen LogP contribution in [0.5, 0.6) is 5.88 Å². The van der Waals surface area contributed by atoms with E-state index in [1.54, 1.807) is 7.11 Å². The number of nitrogens with two attached hydrogens (primary N) is 1. The molecule has 0 aliphatic carbocycles. The minimum Gasteiger partial charge on any atom is -0.481 e. The van der Waals surface area contributed by atoms with Crippen LogP contribution in [-0.2, 0) is 0 Å². The molecule has 0 bridgehead atoms. The van der Waals surface area contributed by atoms with Crippen molar-refractivity contribution in [2.45, 2.75) is 26.3 Å². The maximum Gasteiger partial charge on any atom is 0.225 e. The number of nitrogens with zero attached hydrogens (tertiary/aromatic N) is 4. The van der Waals surface area contributed by atoms with Crippen molar-refractivity contribution in [2.24, 2.45) is 0 Å². The molecule has 6 nitrogen and oxygen atoms in total. The minimum atomic E-state index is 0.264. The minimum absolute atomic E-state index is 0.264. The summed E-state index contributed by atoms with van der Waals surface area (Å²) in [6.07, 6.45) is 1.16. The van der Waals surface area contributed by atoms with Gasteiger partial charge in [-0.2, -0.15) is 9.97 Å². The van der Waals surface area contributed by atoms with Crippen molar-refractivity contribution in [1.82, 2.24) is 14.9 Å². The van der Waals surface area contributed by atoms with Gasteiger partial charge < -0.3 is 15.4 Å². The van der Waals surface area contributed by atoms with E-state index in [0.717, 1.165) is 38.4 Å². The van der Waals surface area contributed by atoms with Gasteiger partial charge in [0, 0.05) is 25.2 Å². The molecule has 2 heterocycles. The highest BCUT2D eigenvalue weighted by Gasteiger charge is 2.27. The number of anilines is 2. The average Bonchev–Trinajstić information content (AvgIpc) is 2.89. The van der Waals surface area contributed by atoms with Gasteiger partial charge in [-0.1, -0.05) is 13.8 Å². The van der Waals surface area contributed by atoms with Gasteiger partial charge in [0.2, 0.25) is 11.8 Å². The van der Waals surface area contributed by atoms with Crippen LogP contribution in [0.1, 0.15) is 20.3 Å². The Bertz CT molecular complexity index is 421. The molecule has 6 heteroatoms. The molecule has 2 N–H and O–H groups in total. The normalized spacial score (nSPS) is 19.2. The van der Waals surface area contributed by atoms with E-state index in [4.69, 9.17) is 10.5 Å². The molecule has 106 valence electrons. The van der Waals surface area contributed by atoms with Gasteiger partial charge in [-0.15, -0.1) is 0 Å². The Hall–Kier alpha value is -1.56. The summed E-state index contributed by atoms with van der Waals surface area (Å²) in [5.41, 5.74) is 5.71. The monoisotopic (exact) mass is 265 g/mol. The SMILES string of the molecule is CCN(CC)C1CCN(c2cc(OC)nc(N)n2)C1. The quantitative estimate of drug-likeness (QED) is 0.856. The average molecular weight is 265 g/mol. The smallest absolute Gasteiger partial charge is 0.225 e. The summed E-state index contributed by atoms with van der Waals surface area (Å²) in [6, 6.07) is 2.44. The van der Waals surface area contributed by atoms with Crippen molar-refractivity contribution in [3.05, 3.63) is 6.07 Å². The summed E-state index contributed by atoms with van der Waals surface area (Å²) in [5.74, 6) is 1.65. The number of rotatable bonds is 5. The van der Waals surface area contributed by atoms with E-state index >= 15 is 0 Å². The largest absolute Gasteiger partial charge is 0.481 e. The first-order valence-corrected chi connectivity index (χ1v) is 6.85. The molecule has 1 fully saturated rings. The van der Waals surface area contributed by atoms with Gasteiger partial charge in [0.25, 0.3) is 0 Å². The zero-order valence-corrected chi connectivity index (χ0v) is 12.0. The van der Waals surface area contributed by atoms with Gasteiger partial charge in [0.1, 0.15) is 5.82 Å². The van der Waals surface area contributed by atoms with Crippen LogP contribution in [-0.4, -0.2) is 54.2 Å². The van der Waals surface area contributed by atoms with Crippen LogP contribution in [0.15, 0.2) is 6.07 Å². The summed E-state index contributed by atoms with van der Waals surface area (Å²) in [7, 11) is 1.59. The van der Waals surface area contributed by atoms with Crippen LogP contribution in [0.2, 0.25) is 0 Å². The predicted molar refractivity (Wildman–Crippen MR) is 76.5 cm³/mol. The third-order valence-electron chi connectivity index (χ3n) is 3.73. The third-order valence-corrected chi connectivity index (χ3v) is 3.73. The summed E-state index contributed by atoms with van der Waals surface area (Å²) < 4.78 is 5.14. The molecule has 1 aromatic rings. The first-order chi connectivity index (χ1) is 9.17. The lowest BCUT2D eigenvalue weighted by Gasteiger charge is -2.26. The molecule has 1 aliphatic rings. The number of hydrogen-bond acceptors (Lipinski definition) is 6. The van der Waals surface area contributed by atoms with Crippen LogP contribution in [0, 0.1) is 0 Å². The Morgan fingerprint density at radius 1 is 1.42 bits per heavy atom. The van der Waals surface area contributed by atoms with Crippen molar-refractivity contribution in [3.63, 3.8) is 0 Å². The highest BCUT2D eigenvalue weighted by atomic mass is 16.5. The first-order valence-electron chi connectivity index (χ1n) is 6.85. The van der Waals surface area contributed by atoms with Gasteiger partial charge in [0.05, 0.1) is 7.11 Å². The van der Waals surface area contributed by atoms with Crippen LogP contribution in [0.25, 0.3) is 0 Å². The van der Waals surface area contributed by atoms with Crippen molar-refractivity contribution >= 4 is 11.8 Å². The second kappa shape index (κ2) is 6.06. The Morgan fingerprint density at radius 2 is 2.16 bits per heavy atom. The Kier molecular flexibility index (Phi) is 4.42. The molecule has 0 saturated carbocycles. The molecule has 0 amide bonds. The fraction of sp³-hybridized carbons (Fsp3) is 0.692.